The van der Waals surface area contributed by atoms with Crippen molar-refractivity contribution in [1.29, 1.82) is 0 Å². The molecule has 34 heavy (non-hydrogen) atoms. The Balaban J connectivity index is 1.78. The number of halogens is 7. The zero-order valence-electron chi connectivity index (χ0n) is 16.8. The summed E-state index contributed by atoms with van der Waals surface area (Å²) in [6.07, 6.45) is -9.60. The Morgan fingerprint density at radius 3 is 1.94 bits per heavy atom. The first kappa shape index (κ1) is 24.6. The van der Waals surface area contributed by atoms with Gasteiger partial charge in [-0.05, 0) is 54.6 Å². The second-order valence-corrected chi connectivity index (χ2v) is 6.88. The molecule has 0 unspecified atom stereocenters. The van der Waals surface area contributed by atoms with Crippen LogP contribution in [0.3, 0.4) is 0 Å². The third-order valence-corrected chi connectivity index (χ3v) is 4.37. The van der Waals surface area contributed by atoms with E-state index in [2.05, 4.69) is 10.6 Å². The number of carbonyl (C=O) groups is 2. The van der Waals surface area contributed by atoms with E-state index in [4.69, 9.17) is 0 Å². The van der Waals surface area contributed by atoms with Gasteiger partial charge in [0.25, 0.3) is 5.91 Å². The standard InChI is InChI=1S/C22H14F7N3O2/c23-14-5-1-3-12(9-14)19(33)32-18-8-7-16(11-17(18)22(27,28)29)31-20(34)30-15-6-2-4-13(10-15)21(24,25)26/h1-11H,(H,32,33)(H2,30,31,34). The minimum atomic E-state index is -4.94. The number of rotatable bonds is 4. The van der Waals surface area contributed by atoms with Crippen LogP contribution in [0.2, 0.25) is 0 Å². The monoisotopic (exact) mass is 485 g/mol. The summed E-state index contributed by atoms with van der Waals surface area (Å²) in [6, 6.07) is 9.35. The minimum Gasteiger partial charge on any atom is -0.321 e. The molecular weight excluding hydrogens is 471 g/mol. The van der Waals surface area contributed by atoms with Gasteiger partial charge in [0.1, 0.15) is 5.82 Å². The van der Waals surface area contributed by atoms with E-state index in [9.17, 15) is 40.3 Å². The molecule has 3 amide bonds. The molecule has 0 aliphatic rings. The lowest BCUT2D eigenvalue weighted by Crippen LogP contribution is -2.21. The van der Waals surface area contributed by atoms with Crippen LogP contribution in [0.15, 0.2) is 66.7 Å². The van der Waals surface area contributed by atoms with Gasteiger partial charge >= 0.3 is 18.4 Å². The summed E-state index contributed by atoms with van der Waals surface area (Å²) < 4.78 is 92.2. The van der Waals surface area contributed by atoms with Crippen LogP contribution >= 0.6 is 0 Å². The number of carbonyl (C=O) groups excluding carboxylic acids is 2. The number of hydrogen-bond donors (Lipinski definition) is 3. The molecule has 178 valence electrons. The summed E-state index contributed by atoms with van der Waals surface area (Å²) in [7, 11) is 0. The summed E-state index contributed by atoms with van der Waals surface area (Å²) in [4.78, 5) is 24.3. The number of hydrogen-bond acceptors (Lipinski definition) is 2. The quantitative estimate of drug-likeness (QED) is 0.358. The predicted molar refractivity (Wildman–Crippen MR) is 110 cm³/mol. The van der Waals surface area contributed by atoms with Gasteiger partial charge in [-0.2, -0.15) is 26.3 Å². The molecule has 0 aromatic heterocycles. The van der Waals surface area contributed by atoms with Crippen LogP contribution in [0.1, 0.15) is 21.5 Å². The normalized spacial score (nSPS) is 11.6. The molecule has 3 rings (SSSR count). The third kappa shape index (κ3) is 6.24. The topological polar surface area (TPSA) is 70.2 Å². The zero-order chi connectivity index (χ0) is 25.1. The molecule has 5 nitrogen and oxygen atoms in total. The molecule has 12 heteroatoms. The summed E-state index contributed by atoms with van der Waals surface area (Å²) in [6.45, 7) is 0. The van der Waals surface area contributed by atoms with Crippen LogP contribution in [-0.2, 0) is 12.4 Å². The highest BCUT2D eigenvalue weighted by molar-refractivity contribution is 6.05. The maximum absolute atomic E-state index is 13.5. The van der Waals surface area contributed by atoms with Crippen LogP contribution < -0.4 is 16.0 Å². The Kier molecular flexibility index (Phi) is 6.80. The van der Waals surface area contributed by atoms with Crippen molar-refractivity contribution in [1.82, 2.24) is 0 Å². The van der Waals surface area contributed by atoms with E-state index in [-0.39, 0.29) is 16.9 Å². The molecule has 3 aromatic rings. The van der Waals surface area contributed by atoms with Gasteiger partial charge in [-0.3, -0.25) is 4.79 Å². The zero-order valence-corrected chi connectivity index (χ0v) is 16.8. The molecule has 0 saturated carbocycles. The van der Waals surface area contributed by atoms with Crippen LogP contribution in [0.4, 0.5) is 52.6 Å². The van der Waals surface area contributed by atoms with Gasteiger partial charge in [0, 0.05) is 16.9 Å². The number of urea groups is 1. The highest BCUT2D eigenvalue weighted by Gasteiger charge is 2.34. The van der Waals surface area contributed by atoms with Crippen molar-refractivity contribution < 1.29 is 40.3 Å². The molecule has 0 fully saturated rings. The van der Waals surface area contributed by atoms with Crippen molar-refractivity contribution >= 4 is 29.0 Å². The molecule has 3 N–H and O–H groups in total. The first-order chi connectivity index (χ1) is 15.8. The van der Waals surface area contributed by atoms with E-state index in [1.165, 1.54) is 18.2 Å². The molecule has 0 aliphatic heterocycles. The molecule has 0 bridgehead atoms. The number of benzene rings is 3. The molecule has 0 atom stereocenters. The fraction of sp³-hybridized carbons (Fsp3) is 0.0909. The van der Waals surface area contributed by atoms with E-state index < -0.39 is 46.9 Å². The van der Waals surface area contributed by atoms with Crippen molar-refractivity contribution in [2.75, 3.05) is 16.0 Å². The summed E-state index contributed by atoms with van der Waals surface area (Å²) in [5.41, 5.74) is -3.78. The summed E-state index contributed by atoms with van der Waals surface area (Å²) in [5, 5.41) is 6.23. The molecule has 0 radical (unpaired) electrons. The van der Waals surface area contributed by atoms with Crippen molar-refractivity contribution in [2.24, 2.45) is 0 Å². The molecule has 0 spiro atoms. The Morgan fingerprint density at radius 1 is 0.676 bits per heavy atom. The van der Waals surface area contributed by atoms with E-state index in [0.29, 0.717) is 12.1 Å². The second-order valence-electron chi connectivity index (χ2n) is 6.88. The largest absolute Gasteiger partial charge is 0.418 e. The summed E-state index contributed by atoms with van der Waals surface area (Å²) in [5.74, 6) is -1.75. The van der Waals surface area contributed by atoms with E-state index in [1.807, 2.05) is 5.32 Å². The Hall–Kier alpha value is -4.09. The van der Waals surface area contributed by atoms with Gasteiger partial charge in [-0.15, -0.1) is 0 Å². The SMILES string of the molecule is O=C(Nc1cccc(C(F)(F)F)c1)Nc1ccc(NC(=O)c2cccc(F)c2)c(C(F)(F)F)c1. The number of anilines is 3. The summed E-state index contributed by atoms with van der Waals surface area (Å²) >= 11 is 0. The fourth-order valence-corrected chi connectivity index (χ4v) is 2.86. The van der Waals surface area contributed by atoms with Crippen LogP contribution in [0, 0.1) is 5.82 Å². The van der Waals surface area contributed by atoms with Gasteiger partial charge in [0.2, 0.25) is 0 Å². The highest BCUT2D eigenvalue weighted by Crippen LogP contribution is 2.37. The fourth-order valence-electron chi connectivity index (χ4n) is 2.86. The van der Waals surface area contributed by atoms with Gasteiger partial charge in [-0.1, -0.05) is 12.1 Å². The Morgan fingerprint density at radius 2 is 1.32 bits per heavy atom. The Bertz CT molecular complexity index is 1220. The van der Waals surface area contributed by atoms with Crippen molar-refractivity contribution in [2.45, 2.75) is 12.4 Å². The maximum atomic E-state index is 13.5. The van der Waals surface area contributed by atoms with Crippen molar-refractivity contribution in [3.8, 4) is 0 Å². The molecule has 0 heterocycles. The van der Waals surface area contributed by atoms with E-state index in [1.54, 1.807) is 0 Å². The lowest BCUT2D eigenvalue weighted by molar-refractivity contribution is -0.138. The molecular formula is C22H14F7N3O2. The minimum absolute atomic E-state index is 0.212. The Labute approximate surface area is 187 Å². The molecule has 0 saturated heterocycles. The van der Waals surface area contributed by atoms with Crippen LogP contribution in [0.25, 0.3) is 0 Å². The molecule has 0 aliphatic carbocycles. The lowest BCUT2D eigenvalue weighted by atomic mass is 10.1. The van der Waals surface area contributed by atoms with Gasteiger partial charge in [0.05, 0.1) is 16.8 Å². The maximum Gasteiger partial charge on any atom is 0.418 e. The lowest BCUT2D eigenvalue weighted by Gasteiger charge is -2.16. The van der Waals surface area contributed by atoms with E-state index >= 15 is 0 Å². The van der Waals surface area contributed by atoms with Crippen LogP contribution in [0.5, 0.6) is 0 Å². The highest BCUT2D eigenvalue weighted by atomic mass is 19.4. The third-order valence-electron chi connectivity index (χ3n) is 4.37. The smallest absolute Gasteiger partial charge is 0.321 e. The van der Waals surface area contributed by atoms with Gasteiger partial charge in [-0.25, -0.2) is 9.18 Å². The average molecular weight is 485 g/mol. The number of alkyl halides is 6. The second kappa shape index (κ2) is 9.41. The van der Waals surface area contributed by atoms with Gasteiger partial charge < -0.3 is 16.0 Å². The average Bonchev–Trinajstić information content (AvgIpc) is 2.73. The first-order valence-corrected chi connectivity index (χ1v) is 9.36. The molecule has 3 aromatic carbocycles. The van der Waals surface area contributed by atoms with Gasteiger partial charge in [0.15, 0.2) is 0 Å². The first-order valence-electron chi connectivity index (χ1n) is 9.36. The van der Waals surface area contributed by atoms with Crippen LogP contribution in [-0.4, -0.2) is 11.9 Å². The van der Waals surface area contributed by atoms with Crippen molar-refractivity contribution in [3.63, 3.8) is 0 Å². The number of nitrogens with one attached hydrogen (secondary N) is 3. The number of amides is 3. The van der Waals surface area contributed by atoms with E-state index in [0.717, 1.165) is 36.4 Å². The predicted octanol–water partition coefficient (Wildman–Crippen LogP) is 6.76. The van der Waals surface area contributed by atoms with Crippen molar-refractivity contribution in [3.05, 3.63) is 89.2 Å².